The highest BCUT2D eigenvalue weighted by Crippen LogP contribution is 2.33. The smallest absolute Gasteiger partial charge is 0.247 e. The number of nitrogens with one attached hydrogen (secondary N) is 1. The number of hydrogen-bond acceptors (Lipinski definition) is 3. The van der Waals surface area contributed by atoms with Crippen molar-refractivity contribution >= 4 is 11.8 Å². The van der Waals surface area contributed by atoms with Crippen molar-refractivity contribution in [3.05, 3.63) is 0 Å². The Balaban J connectivity index is 1.58. The van der Waals surface area contributed by atoms with Crippen LogP contribution < -0.4 is 5.32 Å². The maximum Gasteiger partial charge on any atom is 0.247 e. The highest BCUT2D eigenvalue weighted by Gasteiger charge is 2.46. The van der Waals surface area contributed by atoms with E-state index in [-0.39, 0.29) is 23.9 Å². The summed E-state index contributed by atoms with van der Waals surface area (Å²) >= 11 is 0. The van der Waals surface area contributed by atoms with E-state index in [4.69, 9.17) is 0 Å². The van der Waals surface area contributed by atoms with Crippen LogP contribution in [0.4, 0.5) is 0 Å². The molecule has 4 atom stereocenters. The van der Waals surface area contributed by atoms with E-state index in [1.807, 2.05) is 0 Å². The maximum absolute atomic E-state index is 12.3. The second-order valence-electron chi connectivity index (χ2n) is 6.72. The molecule has 0 aromatic carbocycles. The average Bonchev–Trinajstić information content (AvgIpc) is 3.13. The van der Waals surface area contributed by atoms with Crippen molar-refractivity contribution < 1.29 is 9.59 Å². The predicted octanol–water partition coefficient (Wildman–Crippen LogP) is 1.69. The Labute approximate surface area is 114 Å². The van der Waals surface area contributed by atoms with Gasteiger partial charge in [-0.3, -0.25) is 14.5 Å². The van der Waals surface area contributed by atoms with Gasteiger partial charge in [-0.25, -0.2) is 0 Å². The lowest BCUT2D eigenvalue weighted by molar-refractivity contribution is -0.139. The minimum atomic E-state index is -0.251. The summed E-state index contributed by atoms with van der Waals surface area (Å²) in [4.78, 5) is 25.7. The van der Waals surface area contributed by atoms with Crippen molar-refractivity contribution in [2.45, 2.75) is 70.5 Å². The highest BCUT2D eigenvalue weighted by atomic mass is 16.2. The fraction of sp³-hybridized carbons (Fsp3) is 0.867. The summed E-state index contributed by atoms with van der Waals surface area (Å²) in [5, 5.41) is 3.45. The van der Waals surface area contributed by atoms with Crippen molar-refractivity contribution in [2.24, 2.45) is 11.8 Å². The molecule has 19 heavy (non-hydrogen) atoms. The van der Waals surface area contributed by atoms with Crippen LogP contribution >= 0.6 is 0 Å². The van der Waals surface area contributed by atoms with Gasteiger partial charge in [0.25, 0.3) is 0 Å². The van der Waals surface area contributed by atoms with E-state index >= 15 is 0 Å². The fourth-order valence-electron chi connectivity index (χ4n) is 3.48. The molecule has 4 nitrogen and oxygen atoms in total. The van der Waals surface area contributed by atoms with Crippen LogP contribution in [0.1, 0.15) is 52.4 Å². The van der Waals surface area contributed by atoms with E-state index in [2.05, 4.69) is 19.2 Å². The summed E-state index contributed by atoms with van der Waals surface area (Å²) in [7, 11) is 0. The molecule has 0 spiro atoms. The van der Waals surface area contributed by atoms with Crippen LogP contribution in [0, 0.1) is 11.8 Å². The van der Waals surface area contributed by atoms with Gasteiger partial charge < -0.3 is 5.32 Å². The number of carbonyl (C=O) groups is 2. The van der Waals surface area contributed by atoms with Gasteiger partial charge in [0.15, 0.2) is 0 Å². The van der Waals surface area contributed by atoms with Gasteiger partial charge in [0.1, 0.15) is 0 Å². The lowest BCUT2D eigenvalue weighted by atomic mass is 9.79. The van der Waals surface area contributed by atoms with Crippen LogP contribution in [0.25, 0.3) is 0 Å². The van der Waals surface area contributed by atoms with Gasteiger partial charge in [0, 0.05) is 12.1 Å². The fourth-order valence-corrected chi connectivity index (χ4v) is 3.48. The second kappa shape index (κ2) is 4.89. The minimum absolute atomic E-state index is 0.0266. The lowest BCUT2D eigenvalue weighted by Crippen LogP contribution is -2.46. The van der Waals surface area contributed by atoms with Crippen LogP contribution in [0.3, 0.4) is 0 Å². The first kappa shape index (κ1) is 13.1. The number of likely N-dealkylation sites (tertiary alicyclic amines) is 1. The topological polar surface area (TPSA) is 49.4 Å². The molecule has 106 valence electrons. The Morgan fingerprint density at radius 1 is 1.05 bits per heavy atom. The zero-order valence-corrected chi connectivity index (χ0v) is 11.9. The summed E-state index contributed by atoms with van der Waals surface area (Å²) < 4.78 is 0. The molecule has 1 aliphatic heterocycles. The van der Waals surface area contributed by atoms with Crippen LogP contribution in [-0.2, 0) is 9.59 Å². The second-order valence-corrected chi connectivity index (χ2v) is 6.72. The third-order valence-electron chi connectivity index (χ3n) is 5.13. The summed E-state index contributed by atoms with van der Waals surface area (Å²) in [6.07, 6.45) is 5.86. The van der Waals surface area contributed by atoms with E-state index in [9.17, 15) is 9.59 Å². The lowest BCUT2D eigenvalue weighted by Gasteiger charge is -2.33. The Morgan fingerprint density at radius 2 is 1.79 bits per heavy atom. The van der Waals surface area contributed by atoms with Crippen LogP contribution in [0.2, 0.25) is 0 Å². The van der Waals surface area contributed by atoms with E-state index in [0.29, 0.717) is 18.4 Å². The zero-order valence-electron chi connectivity index (χ0n) is 11.9. The van der Waals surface area contributed by atoms with Crippen molar-refractivity contribution in [2.75, 3.05) is 0 Å². The standard InChI is InChI=1S/C15H24N2O2/c1-9-3-4-11(7-10(9)2)16-13-8-14(18)17(15(13)19)12-5-6-12/h9-13,16H,3-8H2,1-2H3. The Morgan fingerprint density at radius 3 is 2.42 bits per heavy atom. The van der Waals surface area contributed by atoms with Gasteiger partial charge in [0.05, 0.1) is 12.5 Å². The van der Waals surface area contributed by atoms with Gasteiger partial charge in [-0.2, -0.15) is 0 Å². The Bertz CT molecular complexity index is 392. The third kappa shape index (κ3) is 2.55. The van der Waals surface area contributed by atoms with E-state index in [0.717, 1.165) is 31.6 Å². The predicted molar refractivity (Wildman–Crippen MR) is 72.4 cm³/mol. The molecule has 0 aromatic heterocycles. The van der Waals surface area contributed by atoms with Gasteiger partial charge in [0.2, 0.25) is 11.8 Å². The van der Waals surface area contributed by atoms with Crippen molar-refractivity contribution in [3.63, 3.8) is 0 Å². The number of carbonyl (C=O) groups excluding carboxylic acids is 2. The van der Waals surface area contributed by atoms with Crippen molar-refractivity contribution in [1.29, 1.82) is 0 Å². The molecule has 3 rings (SSSR count). The number of hydrogen-bond donors (Lipinski definition) is 1. The molecular formula is C15H24N2O2. The first-order chi connectivity index (χ1) is 9.06. The molecule has 1 heterocycles. The highest BCUT2D eigenvalue weighted by molar-refractivity contribution is 6.06. The number of amides is 2. The third-order valence-corrected chi connectivity index (χ3v) is 5.13. The molecule has 0 bridgehead atoms. The van der Waals surface area contributed by atoms with Crippen LogP contribution in [-0.4, -0.2) is 34.8 Å². The van der Waals surface area contributed by atoms with E-state index in [1.54, 1.807) is 0 Å². The molecule has 2 aliphatic carbocycles. The van der Waals surface area contributed by atoms with Crippen LogP contribution in [0.5, 0.6) is 0 Å². The molecule has 4 heteroatoms. The number of imide groups is 1. The molecular weight excluding hydrogens is 240 g/mol. The largest absolute Gasteiger partial charge is 0.303 e. The molecule has 4 unspecified atom stereocenters. The summed E-state index contributed by atoms with van der Waals surface area (Å²) in [6.45, 7) is 4.59. The first-order valence-electron chi connectivity index (χ1n) is 7.68. The van der Waals surface area contributed by atoms with Gasteiger partial charge >= 0.3 is 0 Å². The van der Waals surface area contributed by atoms with Crippen molar-refractivity contribution in [3.8, 4) is 0 Å². The number of rotatable bonds is 3. The monoisotopic (exact) mass is 264 g/mol. The maximum atomic E-state index is 12.3. The molecule has 0 aromatic rings. The molecule has 2 amide bonds. The summed E-state index contributed by atoms with van der Waals surface area (Å²) in [6, 6.07) is 0.378. The molecule has 3 aliphatic rings. The Kier molecular flexibility index (Phi) is 3.37. The summed E-state index contributed by atoms with van der Waals surface area (Å²) in [5.41, 5.74) is 0. The molecule has 1 N–H and O–H groups in total. The van der Waals surface area contributed by atoms with Gasteiger partial charge in [-0.1, -0.05) is 13.8 Å². The minimum Gasteiger partial charge on any atom is -0.303 e. The van der Waals surface area contributed by atoms with E-state index < -0.39 is 0 Å². The molecule has 2 saturated carbocycles. The normalized spacial score (nSPS) is 40.0. The first-order valence-corrected chi connectivity index (χ1v) is 7.68. The Hall–Kier alpha value is -0.900. The average molecular weight is 264 g/mol. The summed E-state index contributed by atoms with van der Waals surface area (Å²) in [5.74, 6) is 1.54. The quantitative estimate of drug-likeness (QED) is 0.789. The zero-order chi connectivity index (χ0) is 13.6. The molecule has 1 saturated heterocycles. The molecule has 3 fully saturated rings. The van der Waals surface area contributed by atoms with Gasteiger partial charge in [-0.05, 0) is 43.9 Å². The van der Waals surface area contributed by atoms with Gasteiger partial charge in [-0.15, -0.1) is 0 Å². The van der Waals surface area contributed by atoms with Crippen LogP contribution in [0.15, 0.2) is 0 Å². The molecule has 0 radical (unpaired) electrons. The van der Waals surface area contributed by atoms with E-state index in [1.165, 1.54) is 11.3 Å². The van der Waals surface area contributed by atoms with Crippen molar-refractivity contribution in [1.82, 2.24) is 10.2 Å². The number of nitrogens with zero attached hydrogens (tertiary/aromatic N) is 1. The SMILES string of the molecule is CC1CCC(NC2CC(=O)N(C3CC3)C2=O)CC1C.